The van der Waals surface area contributed by atoms with Gasteiger partial charge in [-0.05, 0) is 31.2 Å². The first-order valence-electron chi connectivity index (χ1n) is 6.42. The second-order valence-corrected chi connectivity index (χ2v) is 4.69. The van der Waals surface area contributed by atoms with Gasteiger partial charge < -0.3 is 24.7 Å². The Morgan fingerprint density at radius 2 is 2.10 bits per heavy atom. The Labute approximate surface area is 121 Å². The highest BCUT2D eigenvalue weighted by molar-refractivity contribution is 5.87. The topological polar surface area (TPSA) is 91.8 Å². The van der Waals surface area contributed by atoms with Gasteiger partial charge in [-0.15, -0.1) is 0 Å². The number of H-pyrrole nitrogens is 1. The average Bonchev–Trinajstić information content (AvgIpc) is 2.87. The number of nitrogens with one attached hydrogen (secondary N) is 1. The zero-order valence-electron chi connectivity index (χ0n) is 11.8. The number of phenols is 1. The second kappa shape index (κ2) is 6.32. The van der Waals surface area contributed by atoms with Gasteiger partial charge in [0.15, 0.2) is 0 Å². The van der Waals surface area contributed by atoms with Crippen molar-refractivity contribution in [1.82, 2.24) is 4.98 Å². The number of aromatic carboxylic acids is 1. The summed E-state index contributed by atoms with van der Waals surface area (Å²) >= 11 is 0. The van der Waals surface area contributed by atoms with E-state index in [0.717, 1.165) is 0 Å². The molecule has 1 aromatic heterocycles. The molecule has 0 fully saturated rings. The molecule has 2 rings (SSSR count). The summed E-state index contributed by atoms with van der Waals surface area (Å²) < 4.78 is 10.6. The lowest BCUT2D eigenvalue weighted by atomic mass is 10.1. The van der Waals surface area contributed by atoms with Crippen LogP contribution < -0.4 is 4.74 Å². The Morgan fingerprint density at radius 1 is 1.33 bits per heavy atom. The van der Waals surface area contributed by atoms with Gasteiger partial charge in [0.2, 0.25) is 0 Å². The van der Waals surface area contributed by atoms with Crippen molar-refractivity contribution >= 4 is 5.97 Å². The number of phenolic OH excluding ortho intramolecular Hbond substituents is 1. The molecule has 1 heterocycles. The van der Waals surface area contributed by atoms with E-state index in [1.54, 1.807) is 19.2 Å². The molecule has 0 radical (unpaired) electrons. The number of aromatic hydroxyl groups is 1. The van der Waals surface area contributed by atoms with Gasteiger partial charge in [-0.25, -0.2) is 4.79 Å². The third-order valence-corrected chi connectivity index (χ3v) is 2.86. The van der Waals surface area contributed by atoms with Crippen LogP contribution in [0.2, 0.25) is 0 Å². The van der Waals surface area contributed by atoms with E-state index in [4.69, 9.17) is 14.6 Å². The lowest BCUT2D eigenvalue weighted by Crippen LogP contribution is -2.17. The summed E-state index contributed by atoms with van der Waals surface area (Å²) in [4.78, 5) is 13.6. The fourth-order valence-corrected chi connectivity index (χ4v) is 2.00. The van der Waals surface area contributed by atoms with Crippen LogP contribution in [0, 0.1) is 0 Å². The maximum absolute atomic E-state index is 10.9. The van der Waals surface area contributed by atoms with Crippen molar-refractivity contribution in [2.75, 3.05) is 13.7 Å². The molecule has 0 aliphatic carbocycles. The van der Waals surface area contributed by atoms with E-state index in [-0.39, 0.29) is 17.5 Å². The average molecular weight is 291 g/mol. The van der Waals surface area contributed by atoms with Gasteiger partial charge in [0.25, 0.3) is 0 Å². The van der Waals surface area contributed by atoms with Crippen LogP contribution in [0.4, 0.5) is 0 Å². The molecule has 6 nitrogen and oxygen atoms in total. The molecule has 21 heavy (non-hydrogen) atoms. The van der Waals surface area contributed by atoms with Crippen LogP contribution >= 0.6 is 0 Å². The maximum Gasteiger partial charge on any atom is 0.352 e. The van der Waals surface area contributed by atoms with Crippen LogP contribution in [0.5, 0.6) is 11.5 Å². The fourth-order valence-electron chi connectivity index (χ4n) is 2.00. The first-order chi connectivity index (χ1) is 9.99. The van der Waals surface area contributed by atoms with Crippen LogP contribution in [0.15, 0.2) is 30.3 Å². The summed E-state index contributed by atoms with van der Waals surface area (Å²) in [6.45, 7) is 2.28. The number of methoxy groups -OCH3 is 1. The number of rotatable bonds is 6. The summed E-state index contributed by atoms with van der Waals surface area (Å²) in [7, 11) is 1.58. The van der Waals surface area contributed by atoms with Gasteiger partial charge >= 0.3 is 5.97 Å². The second-order valence-electron chi connectivity index (χ2n) is 4.69. The van der Waals surface area contributed by atoms with Crippen molar-refractivity contribution < 1.29 is 24.5 Å². The number of carbonyl (C=O) groups is 1. The molecule has 2 aromatic rings. The van der Waals surface area contributed by atoms with Crippen LogP contribution in [0.25, 0.3) is 11.3 Å². The predicted molar refractivity (Wildman–Crippen MR) is 76.8 cm³/mol. The standard InChI is InChI=1S/C15H17NO5/c1-9(8-20-2)21-12-6-10(5-11(17)7-12)13-3-4-14(16-13)15(18)19/h3-7,9,16-17H,8H2,1-2H3,(H,18,19)/t9-/m0/s1. The van der Waals surface area contributed by atoms with Gasteiger partial charge in [-0.2, -0.15) is 0 Å². The molecule has 0 aliphatic heterocycles. The molecular formula is C15H17NO5. The number of benzene rings is 1. The van der Waals surface area contributed by atoms with Gasteiger partial charge in [0.1, 0.15) is 23.3 Å². The van der Waals surface area contributed by atoms with Crippen molar-refractivity contribution in [1.29, 1.82) is 0 Å². The van der Waals surface area contributed by atoms with Crippen molar-refractivity contribution in [2.24, 2.45) is 0 Å². The van der Waals surface area contributed by atoms with Gasteiger partial charge in [-0.3, -0.25) is 0 Å². The number of carboxylic acid groups (broad SMARTS) is 1. The van der Waals surface area contributed by atoms with Crippen molar-refractivity contribution in [3.05, 3.63) is 36.0 Å². The highest BCUT2D eigenvalue weighted by Gasteiger charge is 2.11. The molecular weight excluding hydrogens is 274 g/mol. The monoisotopic (exact) mass is 291 g/mol. The normalized spacial score (nSPS) is 12.1. The summed E-state index contributed by atoms with van der Waals surface area (Å²) in [6.07, 6.45) is -0.164. The van der Waals surface area contributed by atoms with E-state index < -0.39 is 5.97 Å². The van der Waals surface area contributed by atoms with E-state index in [1.807, 2.05) is 6.92 Å². The Hall–Kier alpha value is -2.47. The van der Waals surface area contributed by atoms with Crippen molar-refractivity contribution in [3.8, 4) is 22.8 Å². The van der Waals surface area contributed by atoms with E-state index in [0.29, 0.717) is 23.6 Å². The molecule has 6 heteroatoms. The highest BCUT2D eigenvalue weighted by atomic mass is 16.5. The Morgan fingerprint density at radius 3 is 2.71 bits per heavy atom. The SMILES string of the molecule is COC[C@H](C)Oc1cc(O)cc(-c2ccc(C(=O)O)[nH]2)c1. The van der Waals surface area contributed by atoms with Crippen molar-refractivity contribution in [2.45, 2.75) is 13.0 Å². The van der Waals surface area contributed by atoms with Crippen LogP contribution in [-0.2, 0) is 4.74 Å². The lowest BCUT2D eigenvalue weighted by molar-refractivity contribution is 0.0691. The first kappa shape index (κ1) is 14.9. The number of aromatic nitrogens is 1. The van der Waals surface area contributed by atoms with E-state index >= 15 is 0 Å². The molecule has 0 amide bonds. The molecule has 0 spiro atoms. The Bertz CT molecular complexity index is 635. The highest BCUT2D eigenvalue weighted by Crippen LogP contribution is 2.29. The summed E-state index contributed by atoms with van der Waals surface area (Å²) in [5, 5.41) is 18.7. The first-order valence-corrected chi connectivity index (χ1v) is 6.42. The molecule has 0 aliphatic rings. The molecule has 3 N–H and O–H groups in total. The number of aromatic amines is 1. The molecule has 112 valence electrons. The van der Waals surface area contributed by atoms with Crippen LogP contribution in [-0.4, -0.2) is 41.0 Å². The number of carboxylic acids is 1. The van der Waals surface area contributed by atoms with Gasteiger partial charge in [0.05, 0.1) is 6.61 Å². The van der Waals surface area contributed by atoms with Crippen LogP contribution in [0.3, 0.4) is 0 Å². The molecule has 0 unspecified atom stereocenters. The molecule has 0 saturated carbocycles. The van der Waals surface area contributed by atoms with E-state index in [9.17, 15) is 9.90 Å². The minimum Gasteiger partial charge on any atom is -0.508 e. The largest absolute Gasteiger partial charge is 0.508 e. The van der Waals surface area contributed by atoms with E-state index in [2.05, 4.69) is 4.98 Å². The Kier molecular flexibility index (Phi) is 4.49. The van der Waals surface area contributed by atoms with Gasteiger partial charge in [0, 0.05) is 24.4 Å². The molecule has 0 saturated heterocycles. The van der Waals surface area contributed by atoms with Crippen molar-refractivity contribution in [3.63, 3.8) is 0 Å². The van der Waals surface area contributed by atoms with E-state index in [1.165, 1.54) is 18.2 Å². The molecule has 0 bridgehead atoms. The lowest BCUT2D eigenvalue weighted by Gasteiger charge is -2.14. The smallest absolute Gasteiger partial charge is 0.352 e. The van der Waals surface area contributed by atoms with Crippen LogP contribution in [0.1, 0.15) is 17.4 Å². The number of hydrogen-bond acceptors (Lipinski definition) is 4. The third-order valence-electron chi connectivity index (χ3n) is 2.86. The zero-order chi connectivity index (χ0) is 15.4. The Balaban J connectivity index is 2.27. The summed E-state index contributed by atoms with van der Waals surface area (Å²) in [6, 6.07) is 7.86. The predicted octanol–water partition coefficient (Wildman–Crippen LogP) is 2.50. The number of hydrogen-bond donors (Lipinski definition) is 3. The minimum atomic E-state index is -1.04. The molecule has 1 aromatic carbocycles. The zero-order valence-corrected chi connectivity index (χ0v) is 11.8. The third kappa shape index (κ3) is 3.76. The number of ether oxygens (including phenoxy) is 2. The summed E-state index contributed by atoms with van der Waals surface area (Å²) in [5.74, 6) is -0.508. The molecule has 1 atom stereocenters. The minimum absolute atomic E-state index is 0.0404. The summed E-state index contributed by atoms with van der Waals surface area (Å²) in [5.41, 5.74) is 1.32. The fraction of sp³-hybridized carbons (Fsp3) is 0.267. The van der Waals surface area contributed by atoms with Gasteiger partial charge in [-0.1, -0.05) is 0 Å². The quantitative estimate of drug-likeness (QED) is 0.760. The maximum atomic E-state index is 10.9.